The Bertz CT molecular complexity index is 898. The van der Waals surface area contributed by atoms with Gasteiger partial charge in [-0.2, -0.15) is 0 Å². The van der Waals surface area contributed by atoms with E-state index in [2.05, 4.69) is 0 Å². The number of fused-ring (bicyclic) bond motifs is 1. The number of ether oxygens (including phenoxy) is 5. The van der Waals surface area contributed by atoms with E-state index in [1.807, 2.05) is 37.3 Å². The van der Waals surface area contributed by atoms with Crippen molar-refractivity contribution in [3.05, 3.63) is 47.0 Å². The first-order chi connectivity index (χ1) is 14.6. The highest BCUT2D eigenvalue weighted by Gasteiger charge is 2.33. The van der Waals surface area contributed by atoms with Crippen molar-refractivity contribution in [2.75, 3.05) is 41.6 Å². The number of carbonyl (C=O) groups excluding carboxylic acids is 1. The van der Waals surface area contributed by atoms with Gasteiger partial charge in [-0.25, -0.2) is 4.79 Å². The monoisotopic (exact) mass is 415 g/mol. The molecule has 3 rings (SSSR count). The van der Waals surface area contributed by atoms with Crippen LogP contribution in [-0.4, -0.2) is 52.6 Å². The second kappa shape index (κ2) is 9.61. The highest BCUT2D eigenvalue weighted by atomic mass is 16.6. The molecule has 1 atom stereocenters. The molecule has 0 aliphatic carbocycles. The van der Waals surface area contributed by atoms with Gasteiger partial charge in [0.2, 0.25) is 0 Å². The van der Waals surface area contributed by atoms with Crippen molar-refractivity contribution in [1.29, 1.82) is 0 Å². The summed E-state index contributed by atoms with van der Waals surface area (Å²) in [5.74, 6) is 2.64. The van der Waals surface area contributed by atoms with Crippen molar-refractivity contribution < 1.29 is 28.5 Å². The maximum Gasteiger partial charge on any atom is 0.410 e. The number of hydrogen-bond acceptors (Lipinski definition) is 6. The molecule has 30 heavy (non-hydrogen) atoms. The van der Waals surface area contributed by atoms with Gasteiger partial charge in [0.1, 0.15) is 0 Å². The fourth-order valence-electron chi connectivity index (χ4n) is 3.90. The Morgan fingerprint density at radius 2 is 1.57 bits per heavy atom. The van der Waals surface area contributed by atoms with Gasteiger partial charge in [0.25, 0.3) is 0 Å². The molecule has 1 aliphatic rings. The van der Waals surface area contributed by atoms with E-state index in [0.29, 0.717) is 42.6 Å². The zero-order chi connectivity index (χ0) is 21.7. The van der Waals surface area contributed by atoms with Gasteiger partial charge in [0.05, 0.1) is 41.1 Å². The van der Waals surface area contributed by atoms with Gasteiger partial charge in [0, 0.05) is 6.54 Å². The molecule has 1 amide bonds. The molecule has 7 heteroatoms. The highest BCUT2D eigenvalue weighted by Crippen LogP contribution is 2.40. The zero-order valence-electron chi connectivity index (χ0n) is 18.2. The Hall–Kier alpha value is -3.09. The fourth-order valence-corrected chi connectivity index (χ4v) is 3.90. The van der Waals surface area contributed by atoms with E-state index in [1.54, 1.807) is 33.3 Å². The van der Waals surface area contributed by atoms with Crippen LogP contribution in [0.4, 0.5) is 4.79 Å². The first-order valence-corrected chi connectivity index (χ1v) is 9.95. The molecule has 0 saturated heterocycles. The third-order valence-corrected chi connectivity index (χ3v) is 5.38. The molecular weight excluding hydrogens is 386 g/mol. The minimum absolute atomic E-state index is 0.203. The van der Waals surface area contributed by atoms with Crippen LogP contribution in [0.25, 0.3) is 0 Å². The van der Waals surface area contributed by atoms with Crippen molar-refractivity contribution in [2.45, 2.75) is 25.8 Å². The smallest absolute Gasteiger partial charge is 0.410 e. The predicted molar refractivity (Wildman–Crippen MR) is 113 cm³/mol. The van der Waals surface area contributed by atoms with Crippen LogP contribution in [0.15, 0.2) is 30.3 Å². The summed E-state index contributed by atoms with van der Waals surface area (Å²) in [7, 11) is 6.45. The molecule has 2 aromatic carbocycles. The second-order valence-electron chi connectivity index (χ2n) is 6.96. The summed E-state index contributed by atoms with van der Waals surface area (Å²) in [6.45, 7) is 2.71. The largest absolute Gasteiger partial charge is 0.493 e. The van der Waals surface area contributed by atoms with Crippen LogP contribution < -0.4 is 18.9 Å². The van der Waals surface area contributed by atoms with Crippen LogP contribution in [0.5, 0.6) is 23.0 Å². The van der Waals surface area contributed by atoms with Gasteiger partial charge in [-0.05, 0) is 60.7 Å². The topological polar surface area (TPSA) is 66.5 Å². The van der Waals surface area contributed by atoms with Gasteiger partial charge < -0.3 is 28.6 Å². The lowest BCUT2D eigenvalue weighted by Gasteiger charge is -2.37. The van der Waals surface area contributed by atoms with Gasteiger partial charge in [-0.15, -0.1) is 0 Å². The van der Waals surface area contributed by atoms with Gasteiger partial charge in [-0.1, -0.05) is 6.07 Å². The van der Waals surface area contributed by atoms with Crippen LogP contribution in [0.3, 0.4) is 0 Å². The minimum atomic E-state index is -0.316. The Morgan fingerprint density at radius 3 is 2.20 bits per heavy atom. The number of rotatable bonds is 7. The van der Waals surface area contributed by atoms with Crippen molar-refractivity contribution in [3.8, 4) is 23.0 Å². The Morgan fingerprint density at radius 1 is 0.933 bits per heavy atom. The molecule has 1 aliphatic heterocycles. The van der Waals surface area contributed by atoms with Gasteiger partial charge in [-0.3, -0.25) is 0 Å². The maximum atomic E-state index is 12.7. The van der Waals surface area contributed by atoms with E-state index in [0.717, 1.165) is 23.1 Å². The number of carbonyl (C=O) groups is 1. The van der Waals surface area contributed by atoms with Crippen LogP contribution in [0.2, 0.25) is 0 Å². The molecule has 0 N–H and O–H groups in total. The first-order valence-electron chi connectivity index (χ1n) is 9.95. The van der Waals surface area contributed by atoms with Gasteiger partial charge in [0.15, 0.2) is 23.0 Å². The van der Waals surface area contributed by atoms with Crippen molar-refractivity contribution >= 4 is 6.09 Å². The molecule has 0 unspecified atom stereocenters. The van der Waals surface area contributed by atoms with E-state index in [1.165, 1.54) is 0 Å². The lowest BCUT2D eigenvalue weighted by Crippen LogP contribution is -2.41. The lowest BCUT2D eigenvalue weighted by molar-refractivity contribution is 0.0863. The summed E-state index contributed by atoms with van der Waals surface area (Å²) >= 11 is 0. The molecular formula is C23H29NO6. The van der Waals surface area contributed by atoms with Crippen LogP contribution in [0.1, 0.15) is 29.7 Å². The summed E-state index contributed by atoms with van der Waals surface area (Å²) in [5.41, 5.74) is 3.19. The van der Waals surface area contributed by atoms with E-state index < -0.39 is 0 Å². The van der Waals surface area contributed by atoms with E-state index in [4.69, 9.17) is 23.7 Å². The summed E-state index contributed by atoms with van der Waals surface area (Å²) < 4.78 is 27.1. The van der Waals surface area contributed by atoms with Crippen LogP contribution >= 0.6 is 0 Å². The number of hydrogen-bond donors (Lipinski definition) is 0. The summed E-state index contributed by atoms with van der Waals surface area (Å²) in [6.07, 6.45) is 1.00. The Balaban J connectivity index is 2.04. The standard InChI is InChI=1S/C23H29NO6/c1-6-30-23(25)24-10-9-16-13-21(28-4)22(29-5)14-17(16)18(24)11-15-7-8-19(26-2)20(12-15)27-3/h7-8,12-14,18H,6,9-11H2,1-5H3/t18-/m1/s1. The average Bonchev–Trinajstić information content (AvgIpc) is 2.78. The summed E-state index contributed by atoms with van der Waals surface area (Å²) in [4.78, 5) is 14.5. The summed E-state index contributed by atoms with van der Waals surface area (Å²) in [6, 6.07) is 9.56. The predicted octanol–water partition coefficient (Wildman–Crippen LogP) is 4.02. The molecule has 0 bridgehead atoms. The average molecular weight is 415 g/mol. The molecule has 0 radical (unpaired) electrons. The first kappa shape index (κ1) is 21.6. The second-order valence-corrected chi connectivity index (χ2v) is 6.96. The van der Waals surface area contributed by atoms with Crippen LogP contribution in [0, 0.1) is 0 Å². The molecule has 2 aromatic rings. The molecule has 0 fully saturated rings. The Kier molecular flexibility index (Phi) is 6.92. The van der Waals surface area contributed by atoms with Crippen LogP contribution in [-0.2, 0) is 17.6 Å². The fraction of sp³-hybridized carbons (Fsp3) is 0.435. The lowest BCUT2D eigenvalue weighted by atomic mass is 9.88. The number of methoxy groups -OCH3 is 4. The number of nitrogens with zero attached hydrogens (tertiary/aromatic N) is 1. The zero-order valence-corrected chi connectivity index (χ0v) is 18.2. The van der Waals surface area contributed by atoms with Crippen molar-refractivity contribution in [3.63, 3.8) is 0 Å². The molecule has 1 heterocycles. The highest BCUT2D eigenvalue weighted by molar-refractivity contribution is 5.69. The third-order valence-electron chi connectivity index (χ3n) is 5.38. The molecule has 162 valence electrons. The van der Waals surface area contributed by atoms with E-state index >= 15 is 0 Å². The summed E-state index contributed by atoms with van der Waals surface area (Å²) in [5, 5.41) is 0. The maximum absolute atomic E-state index is 12.7. The molecule has 0 saturated carbocycles. The quantitative estimate of drug-likeness (QED) is 0.681. The van der Waals surface area contributed by atoms with E-state index in [-0.39, 0.29) is 12.1 Å². The number of benzene rings is 2. The van der Waals surface area contributed by atoms with E-state index in [9.17, 15) is 4.79 Å². The van der Waals surface area contributed by atoms with Gasteiger partial charge >= 0.3 is 6.09 Å². The molecule has 0 spiro atoms. The SMILES string of the molecule is CCOC(=O)N1CCc2cc(OC)c(OC)cc2[C@H]1Cc1ccc(OC)c(OC)c1. The normalized spacial score (nSPS) is 15.2. The minimum Gasteiger partial charge on any atom is -0.493 e. The van der Waals surface area contributed by atoms with Crippen molar-refractivity contribution in [1.82, 2.24) is 4.90 Å². The molecule has 0 aromatic heterocycles. The number of amides is 1. The Labute approximate surface area is 177 Å². The third kappa shape index (κ3) is 4.25. The van der Waals surface area contributed by atoms with Crippen molar-refractivity contribution in [2.24, 2.45) is 0 Å². The molecule has 7 nitrogen and oxygen atoms in total.